The standard InChI is InChI=1S/C36H24B7NO3/c1-35(2)36(3,4)47-43(46-35)18-10-11-20-22-14-19(13-21(17-8-6-5-7-9-17)34(22)45-27(20)12-18)44-32-25(39)15-23(37)30(41)28(32)29-31(42)24(38)16-26(40)33(29)44/h5-16H,1-4H3. The molecule has 0 saturated carbocycles. The summed E-state index contributed by atoms with van der Waals surface area (Å²) in [6.45, 7) is 8.16. The molecule has 3 heterocycles. The van der Waals surface area contributed by atoms with Crippen LogP contribution in [0.2, 0.25) is 0 Å². The van der Waals surface area contributed by atoms with Crippen LogP contribution in [0.4, 0.5) is 0 Å². The van der Waals surface area contributed by atoms with Gasteiger partial charge in [-0.05, 0) is 67.7 Å². The van der Waals surface area contributed by atoms with Gasteiger partial charge >= 0.3 is 7.12 Å². The Hall–Kier alpha value is -3.93. The van der Waals surface area contributed by atoms with Crippen molar-refractivity contribution in [1.82, 2.24) is 4.57 Å². The zero-order chi connectivity index (χ0) is 33.2. The summed E-state index contributed by atoms with van der Waals surface area (Å²) in [7, 11) is 38.7. The largest absolute Gasteiger partial charge is 0.494 e. The maximum atomic E-state index is 6.70. The van der Waals surface area contributed by atoms with Crippen LogP contribution in [-0.4, -0.2) is 70.0 Å². The zero-order valence-electron chi connectivity index (χ0n) is 26.6. The Bertz CT molecular complexity index is 2360. The van der Waals surface area contributed by atoms with Crippen molar-refractivity contribution >= 4 is 136 Å². The average molecular weight is 594 g/mol. The molecule has 11 heteroatoms. The van der Waals surface area contributed by atoms with Crippen LogP contribution in [0.15, 0.2) is 77.2 Å². The fourth-order valence-electron chi connectivity index (χ4n) is 6.78. The minimum atomic E-state index is -0.527. The molecule has 7 aromatic rings. The van der Waals surface area contributed by atoms with E-state index in [0.29, 0.717) is 60.2 Å². The molecule has 0 N–H and O–H groups in total. The summed E-state index contributed by atoms with van der Waals surface area (Å²) >= 11 is 0. The van der Waals surface area contributed by atoms with Crippen LogP contribution in [0.25, 0.3) is 60.6 Å². The molecule has 0 bridgehead atoms. The fraction of sp³-hybridized carbons (Fsp3) is 0.167. The number of rotatable bonds is 3. The van der Waals surface area contributed by atoms with E-state index >= 15 is 0 Å². The van der Waals surface area contributed by atoms with Gasteiger partial charge in [0.25, 0.3) is 0 Å². The van der Waals surface area contributed by atoms with Crippen molar-refractivity contribution in [3.05, 3.63) is 72.8 Å². The number of furan rings is 1. The van der Waals surface area contributed by atoms with Crippen molar-refractivity contribution in [1.29, 1.82) is 0 Å². The Morgan fingerprint density at radius 2 is 1.19 bits per heavy atom. The van der Waals surface area contributed by atoms with Gasteiger partial charge in [0, 0.05) is 33.1 Å². The van der Waals surface area contributed by atoms with Crippen LogP contribution in [0, 0.1) is 0 Å². The molecule has 1 saturated heterocycles. The Kier molecular flexibility index (Phi) is 6.66. The minimum absolute atomic E-state index is 0.341. The molecule has 1 aliphatic rings. The highest BCUT2D eigenvalue weighted by Crippen LogP contribution is 2.40. The molecule has 47 heavy (non-hydrogen) atoms. The molecule has 5 aromatic carbocycles. The molecule has 0 atom stereocenters. The second-order valence-electron chi connectivity index (χ2n) is 13.4. The third-order valence-corrected chi connectivity index (χ3v) is 9.95. The number of aromatic nitrogens is 1. The lowest BCUT2D eigenvalue weighted by Gasteiger charge is -2.32. The van der Waals surface area contributed by atoms with Crippen molar-refractivity contribution in [2.45, 2.75) is 38.9 Å². The van der Waals surface area contributed by atoms with Crippen LogP contribution in [0.1, 0.15) is 27.7 Å². The molecule has 1 fully saturated rings. The third kappa shape index (κ3) is 4.39. The van der Waals surface area contributed by atoms with Gasteiger partial charge in [-0.25, -0.2) is 0 Å². The first kappa shape index (κ1) is 30.4. The lowest BCUT2D eigenvalue weighted by molar-refractivity contribution is 0.00578. The van der Waals surface area contributed by atoms with Gasteiger partial charge in [0.2, 0.25) is 0 Å². The molecule has 0 spiro atoms. The van der Waals surface area contributed by atoms with Gasteiger partial charge in [-0.1, -0.05) is 76.4 Å². The van der Waals surface area contributed by atoms with E-state index in [1.165, 1.54) is 0 Å². The van der Waals surface area contributed by atoms with Gasteiger partial charge in [0.05, 0.1) is 11.2 Å². The van der Waals surface area contributed by atoms with Crippen molar-refractivity contribution in [3.63, 3.8) is 0 Å². The van der Waals surface area contributed by atoms with Gasteiger partial charge in [-0.15, -0.1) is 10.9 Å². The van der Waals surface area contributed by atoms with E-state index in [1.807, 2.05) is 80.8 Å². The van der Waals surface area contributed by atoms with Gasteiger partial charge < -0.3 is 18.3 Å². The number of hydrogen-bond acceptors (Lipinski definition) is 3. The highest BCUT2D eigenvalue weighted by molar-refractivity contribution is 6.63. The molecule has 2 aromatic heterocycles. The Balaban J connectivity index is 1.46. The van der Waals surface area contributed by atoms with E-state index in [9.17, 15) is 0 Å². The lowest BCUT2D eigenvalue weighted by atomic mass is 9.71. The molecule has 0 amide bonds. The van der Waals surface area contributed by atoms with Crippen molar-refractivity contribution in [2.75, 3.05) is 0 Å². The third-order valence-electron chi connectivity index (χ3n) is 9.95. The van der Waals surface area contributed by atoms with Gasteiger partial charge in [0.15, 0.2) is 0 Å². The quantitative estimate of drug-likeness (QED) is 0.291. The Morgan fingerprint density at radius 1 is 0.617 bits per heavy atom. The molecule has 0 aliphatic carbocycles. The Labute approximate surface area is 282 Å². The summed E-state index contributed by atoms with van der Waals surface area (Å²) < 4.78 is 21.3. The summed E-state index contributed by atoms with van der Waals surface area (Å²) in [5.74, 6) is 0. The molecule has 8 rings (SSSR count). The molecule has 0 unspecified atom stereocenters. The van der Waals surface area contributed by atoms with E-state index in [2.05, 4.69) is 12.1 Å². The van der Waals surface area contributed by atoms with Crippen LogP contribution in [0.5, 0.6) is 0 Å². The lowest BCUT2D eigenvalue weighted by Crippen LogP contribution is -2.41. The van der Waals surface area contributed by atoms with Crippen LogP contribution < -0.4 is 38.2 Å². The van der Waals surface area contributed by atoms with Crippen LogP contribution in [-0.2, 0) is 9.31 Å². The van der Waals surface area contributed by atoms with Crippen molar-refractivity contribution in [2.24, 2.45) is 0 Å². The first-order chi connectivity index (χ1) is 22.3. The molecule has 4 nitrogen and oxygen atoms in total. The molecular formula is C36H24B7NO3. The molecule has 1 aliphatic heterocycles. The maximum Gasteiger partial charge on any atom is 0.494 e. The van der Waals surface area contributed by atoms with Gasteiger partial charge in [-0.3, -0.25) is 0 Å². The van der Waals surface area contributed by atoms with Crippen molar-refractivity contribution in [3.8, 4) is 16.8 Å². The summed E-state index contributed by atoms with van der Waals surface area (Å²) in [5, 5.41) is 3.02. The summed E-state index contributed by atoms with van der Waals surface area (Å²) in [4.78, 5) is 0. The van der Waals surface area contributed by atoms with Crippen molar-refractivity contribution < 1.29 is 13.7 Å². The highest BCUT2D eigenvalue weighted by Gasteiger charge is 2.51. The van der Waals surface area contributed by atoms with E-state index in [1.54, 1.807) is 12.1 Å². The topological polar surface area (TPSA) is 36.5 Å². The number of benzene rings is 5. The van der Waals surface area contributed by atoms with Gasteiger partial charge in [-0.2, -0.15) is 0 Å². The second-order valence-corrected chi connectivity index (χ2v) is 13.4. The molecule has 212 valence electrons. The zero-order valence-corrected chi connectivity index (χ0v) is 26.6. The highest BCUT2D eigenvalue weighted by atomic mass is 16.7. The van der Waals surface area contributed by atoms with Gasteiger partial charge in [0.1, 0.15) is 58.2 Å². The first-order valence-electron chi connectivity index (χ1n) is 15.4. The van der Waals surface area contributed by atoms with Crippen LogP contribution >= 0.6 is 0 Å². The maximum absolute atomic E-state index is 6.70. The summed E-state index contributed by atoms with van der Waals surface area (Å²) in [6, 6.07) is 23.6. The van der Waals surface area contributed by atoms with E-state index in [-0.39, 0.29) is 0 Å². The SMILES string of the molecule is [B]c1cc([B])c2c(c1[B])c1c([B])c([B])cc([B])c1n2-c1cc(-c2ccccc2)c2oc3cc(B4OC(C)(C)C(C)(C)O4)ccc3c2c1. The average Bonchev–Trinajstić information content (AvgIpc) is 3.65. The minimum Gasteiger partial charge on any atom is -0.455 e. The van der Waals surface area contributed by atoms with Crippen LogP contribution in [0.3, 0.4) is 0 Å². The summed E-state index contributed by atoms with van der Waals surface area (Å²) in [5.41, 5.74) is 7.49. The fourth-order valence-corrected chi connectivity index (χ4v) is 6.78. The normalized spacial score (nSPS) is 15.9. The molecular weight excluding hydrogens is 570 g/mol. The molecule has 12 radical (unpaired) electrons. The predicted molar refractivity (Wildman–Crippen MR) is 202 cm³/mol. The second kappa shape index (κ2) is 10.3. The van der Waals surface area contributed by atoms with E-state index in [0.717, 1.165) is 38.6 Å². The number of nitrogens with zero attached hydrogens (tertiary/aromatic N) is 1. The first-order valence-corrected chi connectivity index (χ1v) is 15.4. The predicted octanol–water partition coefficient (Wildman–Crippen LogP) is 1.41. The Morgan fingerprint density at radius 3 is 1.77 bits per heavy atom. The van der Waals surface area contributed by atoms with E-state index in [4.69, 9.17) is 60.8 Å². The monoisotopic (exact) mass is 595 g/mol. The number of hydrogen-bond donors (Lipinski definition) is 0. The van der Waals surface area contributed by atoms with E-state index < -0.39 is 18.3 Å². The summed E-state index contributed by atoms with van der Waals surface area (Å²) in [6.07, 6.45) is 0. The smallest absolute Gasteiger partial charge is 0.455 e. The number of fused-ring (bicyclic) bond motifs is 6.